The minimum absolute atomic E-state index is 0.156. The summed E-state index contributed by atoms with van der Waals surface area (Å²) in [6, 6.07) is 0.325. The first-order valence-electron chi connectivity index (χ1n) is 4.83. The Bertz CT molecular complexity index is 339. The highest BCUT2D eigenvalue weighted by atomic mass is 16.5. The third kappa shape index (κ3) is 3.61. The first-order valence-corrected chi connectivity index (χ1v) is 4.83. The van der Waals surface area contributed by atoms with E-state index in [4.69, 9.17) is 9.15 Å². The van der Waals surface area contributed by atoms with Gasteiger partial charge in [0, 0.05) is 5.54 Å². The minimum atomic E-state index is -0.469. The highest BCUT2D eigenvalue weighted by Gasteiger charge is 2.16. The summed E-state index contributed by atoms with van der Waals surface area (Å²) in [5.41, 5.74) is 0.0279. The second-order valence-electron chi connectivity index (χ2n) is 4.13. The van der Waals surface area contributed by atoms with Gasteiger partial charge in [-0.05, 0) is 27.7 Å². The van der Waals surface area contributed by atoms with Crippen molar-refractivity contribution in [3.8, 4) is 0 Å². The van der Waals surface area contributed by atoms with Crippen LogP contribution in [0, 0.1) is 0 Å². The monoisotopic (exact) mass is 212 g/mol. The van der Waals surface area contributed by atoms with Gasteiger partial charge in [-0.3, -0.25) is 0 Å². The highest BCUT2D eigenvalue weighted by Crippen LogP contribution is 2.14. The Morgan fingerprint density at radius 1 is 1.60 bits per heavy atom. The van der Waals surface area contributed by atoms with Crippen molar-refractivity contribution in [2.75, 3.05) is 11.9 Å². The van der Waals surface area contributed by atoms with Crippen molar-refractivity contribution in [3.63, 3.8) is 0 Å². The molecule has 84 valence electrons. The Balaban J connectivity index is 2.68. The van der Waals surface area contributed by atoms with E-state index in [1.807, 2.05) is 20.8 Å². The summed E-state index contributed by atoms with van der Waals surface area (Å²) in [7, 11) is 0. The SMILES string of the molecule is CCOC(=O)c1coc(NC(C)(C)C)n1. The van der Waals surface area contributed by atoms with Crippen LogP contribution in [0.15, 0.2) is 10.7 Å². The second kappa shape index (κ2) is 4.33. The maximum absolute atomic E-state index is 11.3. The summed E-state index contributed by atoms with van der Waals surface area (Å²) in [6.45, 7) is 7.99. The molecule has 5 nitrogen and oxygen atoms in total. The fourth-order valence-corrected chi connectivity index (χ4v) is 0.951. The second-order valence-corrected chi connectivity index (χ2v) is 4.13. The number of carbonyl (C=O) groups excluding carboxylic acids is 1. The van der Waals surface area contributed by atoms with Crippen molar-refractivity contribution in [1.29, 1.82) is 0 Å². The lowest BCUT2D eigenvalue weighted by Gasteiger charge is -2.18. The van der Waals surface area contributed by atoms with Gasteiger partial charge in [0.1, 0.15) is 6.26 Å². The topological polar surface area (TPSA) is 64.4 Å². The van der Waals surface area contributed by atoms with Gasteiger partial charge in [0.15, 0.2) is 5.69 Å². The summed E-state index contributed by atoms with van der Waals surface area (Å²) >= 11 is 0. The van der Waals surface area contributed by atoms with Crippen molar-refractivity contribution >= 4 is 12.0 Å². The summed E-state index contributed by atoms with van der Waals surface area (Å²) in [5.74, 6) is -0.469. The Kier molecular flexibility index (Phi) is 3.34. The number of hydrogen-bond donors (Lipinski definition) is 1. The quantitative estimate of drug-likeness (QED) is 0.777. The van der Waals surface area contributed by atoms with E-state index in [-0.39, 0.29) is 11.2 Å². The largest absolute Gasteiger partial charge is 0.461 e. The minimum Gasteiger partial charge on any atom is -0.461 e. The van der Waals surface area contributed by atoms with Gasteiger partial charge < -0.3 is 14.5 Å². The average Bonchev–Trinajstić information content (AvgIpc) is 2.50. The molecule has 1 heterocycles. The first-order chi connectivity index (χ1) is 6.92. The standard InChI is InChI=1S/C10H16N2O3/c1-5-14-8(13)7-6-15-9(11-7)12-10(2,3)4/h6H,5H2,1-4H3,(H,11,12). The number of anilines is 1. The summed E-state index contributed by atoms with van der Waals surface area (Å²) in [5, 5.41) is 3.01. The number of nitrogens with zero attached hydrogens (tertiary/aromatic N) is 1. The van der Waals surface area contributed by atoms with E-state index < -0.39 is 5.97 Å². The number of carbonyl (C=O) groups is 1. The van der Waals surface area contributed by atoms with Crippen LogP contribution in [-0.2, 0) is 4.74 Å². The molecule has 1 aromatic heterocycles. The summed E-state index contributed by atoms with van der Waals surface area (Å²) in [4.78, 5) is 15.2. The van der Waals surface area contributed by atoms with Crippen LogP contribution >= 0.6 is 0 Å². The molecule has 0 aliphatic rings. The lowest BCUT2D eigenvalue weighted by atomic mass is 10.1. The Hall–Kier alpha value is -1.52. The van der Waals surface area contributed by atoms with E-state index >= 15 is 0 Å². The van der Waals surface area contributed by atoms with Crippen LogP contribution in [0.2, 0.25) is 0 Å². The summed E-state index contributed by atoms with van der Waals surface area (Å²) in [6.07, 6.45) is 1.28. The molecule has 0 radical (unpaired) electrons. The average molecular weight is 212 g/mol. The van der Waals surface area contributed by atoms with Gasteiger partial charge in [-0.2, -0.15) is 4.98 Å². The van der Waals surface area contributed by atoms with Gasteiger partial charge in [-0.25, -0.2) is 4.79 Å². The smallest absolute Gasteiger partial charge is 0.360 e. The van der Waals surface area contributed by atoms with Crippen LogP contribution in [0.25, 0.3) is 0 Å². The lowest BCUT2D eigenvalue weighted by Crippen LogP contribution is -2.26. The molecule has 1 aromatic rings. The van der Waals surface area contributed by atoms with Crippen molar-refractivity contribution < 1.29 is 13.9 Å². The van der Waals surface area contributed by atoms with Gasteiger partial charge in [0.05, 0.1) is 6.61 Å². The van der Waals surface area contributed by atoms with Gasteiger partial charge in [0.25, 0.3) is 6.01 Å². The third-order valence-corrected chi connectivity index (χ3v) is 1.47. The van der Waals surface area contributed by atoms with Crippen LogP contribution in [0.3, 0.4) is 0 Å². The number of ether oxygens (including phenoxy) is 1. The molecule has 0 aromatic carbocycles. The number of hydrogen-bond acceptors (Lipinski definition) is 5. The fraction of sp³-hybridized carbons (Fsp3) is 0.600. The van der Waals surface area contributed by atoms with Gasteiger partial charge in [-0.1, -0.05) is 0 Å². The molecule has 0 saturated heterocycles. The molecule has 15 heavy (non-hydrogen) atoms. The zero-order chi connectivity index (χ0) is 11.5. The fourth-order valence-electron chi connectivity index (χ4n) is 0.951. The van der Waals surface area contributed by atoms with E-state index in [2.05, 4.69) is 10.3 Å². The Labute approximate surface area is 88.8 Å². The molecule has 0 unspecified atom stereocenters. The van der Waals surface area contributed by atoms with Crippen LogP contribution in [0.1, 0.15) is 38.2 Å². The van der Waals surface area contributed by atoms with Gasteiger partial charge >= 0.3 is 5.97 Å². The van der Waals surface area contributed by atoms with Gasteiger partial charge in [-0.15, -0.1) is 0 Å². The zero-order valence-electron chi connectivity index (χ0n) is 9.46. The molecule has 0 saturated carbocycles. The van der Waals surface area contributed by atoms with E-state index in [9.17, 15) is 4.79 Å². The number of aromatic nitrogens is 1. The highest BCUT2D eigenvalue weighted by molar-refractivity contribution is 5.87. The normalized spacial score (nSPS) is 11.2. The number of rotatable bonds is 3. The molecule has 0 spiro atoms. The number of oxazole rings is 1. The maximum atomic E-state index is 11.3. The molecule has 0 bridgehead atoms. The van der Waals surface area contributed by atoms with Crippen LogP contribution in [-0.4, -0.2) is 23.1 Å². The predicted molar refractivity (Wildman–Crippen MR) is 55.8 cm³/mol. The Morgan fingerprint density at radius 3 is 2.80 bits per heavy atom. The number of esters is 1. The molecule has 5 heteroatoms. The molecule has 1 rings (SSSR count). The van der Waals surface area contributed by atoms with Crippen LogP contribution < -0.4 is 5.32 Å². The van der Waals surface area contributed by atoms with Gasteiger partial charge in [0.2, 0.25) is 0 Å². The van der Waals surface area contributed by atoms with E-state index in [0.717, 1.165) is 0 Å². The molecule has 0 amide bonds. The number of nitrogens with one attached hydrogen (secondary N) is 1. The van der Waals surface area contributed by atoms with Crippen LogP contribution in [0.4, 0.5) is 6.01 Å². The molecule has 0 fully saturated rings. The van der Waals surface area contributed by atoms with Crippen LogP contribution in [0.5, 0.6) is 0 Å². The lowest BCUT2D eigenvalue weighted by molar-refractivity contribution is 0.0519. The van der Waals surface area contributed by atoms with E-state index in [1.165, 1.54) is 6.26 Å². The molecule has 1 N–H and O–H groups in total. The van der Waals surface area contributed by atoms with E-state index in [0.29, 0.717) is 12.6 Å². The maximum Gasteiger partial charge on any atom is 0.360 e. The molecular formula is C10H16N2O3. The predicted octanol–water partition coefficient (Wildman–Crippen LogP) is 2.06. The van der Waals surface area contributed by atoms with E-state index in [1.54, 1.807) is 6.92 Å². The van der Waals surface area contributed by atoms with Crippen molar-refractivity contribution in [3.05, 3.63) is 12.0 Å². The van der Waals surface area contributed by atoms with Crippen molar-refractivity contribution in [2.45, 2.75) is 33.2 Å². The molecule has 0 aliphatic heterocycles. The molecular weight excluding hydrogens is 196 g/mol. The molecule has 0 aliphatic carbocycles. The van der Waals surface area contributed by atoms with Crippen molar-refractivity contribution in [1.82, 2.24) is 4.98 Å². The molecule has 0 atom stereocenters. The Morgan fingerprint density at radius 2 is 2.27 bits per heavy atom. The zero-order valence-corrected chi connectivity index (χ0v) is 9.46. The first kappa shape index (κ1) is 11.6. The summed E-state index contributed by atoms with van der Waals surface area (Å²) < 4.78 is 9.87. The van der Waals surface area contributed by atoms with Crippen molar-refractivity contribution in [2.24, 2.45) is 0 Å². The third-order valence-electron chi connectivity index (χ3n) is 1.47.